The Bertz CT molecular complexity index is 245. The van der Waals surface area contributed by atoms with Crippen molar-refractivity contribution in [3.8, 4) is 0 Å². The van der Waals surface area contributed by atoms with Gasteiger partial charge in [-0.2, -0.15) is 0 Å². The van der Waals surface area contributed by atoms with Gasteiger partial charge in [-0.1, -0.05) is 20.8 Å². The molecule has 0 aliphatic carbocycles. The van der Waals surface area contributed by atoms with E-state index in [0.29, 0.717) is 32.6 Å². The molecule has 1 rings (SSSR count). The van der Waals surface area contributed by atoms with Crippen LogP contribution in [0.3, 0.4) is 0 Å². The smallest absolute Gasteiger partial charge is 0.240 e. The Balaban J connectivity index is 2.45. The molecule has 4 heteroatoms. The van der Waals surface area contributed by atoms with Gasteiger partial charge in [-0.15, -0.1) is 0 Å². The molecule has 94 valence electrons. The van der Waals surface area contributed by atoms with Crippen molar-refractivity contribution < 1.29 is 9.53 Å². The number of nitrogens with one attached hydrogen (secondary N) is 1. The summed E-state index contributed by atoms with van der Waals surface area (Å²) in [6.45, 7) is 8.25. The molecule has 0 radical (unpaired) electrons. The van der Waals surface area contributed by atoms with Crippen molar-refractivity contribution in [1.29, 1.82) is 0 Å². The molecule has 0 saturated carbocycles. The molecule has 1 amide bonds. The highest BCUT2D eigenvalue weighted by atomic mass is 16.5. The average molecular weight is 228 g/mol. The Labute approximate surface area is 97.9 Å². The van der Waals surface area contributed by atoms with Crippen LogP contribution in [-0.2, 0) is 9.53 Å². The lowest BCUT2D eigenvalue weighted by Crippen LogP contribution is -2.57. The summed E-state index contributed by atoms with van der Waals surface area (Å²) < 4.78 is 5.22. The van der Waals surface area contributed by atoms with Gasteiger partial charge in [0.25, 0.3) is 0 Å². The fourth-order valence-electron chi connectivity index (χ4n) is 1.58. The monoisotopic (exact) mass is 228 g/mol. The highest BCUT2D eigenvalue weighted by Crippen LogP contribution is 2.20. The standard InChI is InChI=1S/C12H24N2O2/c1-4-11(2,3)9-14-10(15)12(13)5-7-16-8-6-12/h4-9,13H2,1-3H3,(H,14,15). The fourth-order valence-corrected chi connectivity index (χ4v) is 1.58. The first kappa shape index (κ1) is 13.5. The van der Waals surface area contributed by atoms with Crippen molar-refractivity contribution in [2.45, 2.75) is 45.6 Å². The van der Waals surface area contributed by atoms with E-state index in [-0.39, 0.29) is 11.3 Å². The van der Waals surface area contributed by atoms with Gasteiger partial charge in [-0.3, -0.25) is 4.79 Å². The van der Waals surface area contributed by atoms with E-state index >= 15 is 0 Å². The molecule has 1 heterocycles. The molecule has 16 heavy (non-hydrogen) atoms. The van der Waals surface area contributed by atoms with Crippen molar-refractivity contribution in [2.75, 3.05) is 19.8 Å². The third-order valence-corrected chi connectivity index (χ3v) is 3.52. The molecule has 1 aliphatic heterocycles. The number of ether oxygens (including phenoxy) is 1. The quantitative estimate of drug-likeness (QED) is 0.756. The molecule has 1 fully saturated rings. The fraction of sp³-hybridized carbons (Fsp3) is 0.917. The largest absolute Gasteiger partial charge is 0.381 e. The molecule has 0 aromatic heterocycles. The maximum Gasteiger partial charge on any atom is 0.240 e. The molecule has 0 atom stereocenters. The Kier molecular flexibility index (Phi) is 4.33. The van der Waals surface area contributed by atoms with E-state index in [2.05, 4.69) is 26.1 Å². The maximum absolute atomic E-state index is 12.0. The first-order valence-corrected chi connectivity index (χ1v) is 6.05. The minimum absolute atomic E-state index is 0.0303. The van der Waals surface area contributed by atoms with Gasteiger partial charge in [0, 0.05) is 19.8 Å². The third-order valence-electron chi connectivity index (χ3n) is 3.52. The van der Waals surface area contributed by atoms with Crippen molar-refractivity contribution in [3.63, 3.8) is 0 Å². The summed E-state index contributed by atoms with van der Waals surface area (Å²) in [4.78, 5) is 12.0. The van der Waals surface area contributed by atoms with Gasteiger partial charge in [0.15, 0.2) is 0 Å². The molecular weight excluding hydrogens is 204 g/mol. The zero-order valence-electron chi connectivity index (χ0n) is 10.6. The van der Waals surface area contributed by atoms with Crippen LogP contribution in [0.2, 0.25) is 0 Å². The van der Waals surface area contributed by atoms with Gasteiger partial charge in [0.1, 0.15) is 0 Å². The molecule has 4 nitrogen and oxygen atoms in total. The van der Waals surface area contributed by atoms with E-state index in [9.17, 15) is 4.79 Å². The lowest BCUT2D eigenvalue weighted by molar-refractivity contribution is -0.130. The predicted octanol–water partition coefficient (Wildman–Crippen LogP) is 1.05. The summed E-state index contributed by atoms with van der Waals surface area (Å²) in [6.07, 6.45) is 2.27. The van der Waals surface area contributed by atoms with E-state index in [4.69, 9.17) is 10.5 Å². The summed E-state index contributed by atoms with van der Waals surface area (Å²) in [5, 5.41) is 2.96. The van der Waals surface area contributed by atoms with Gasteiger partial charge in [0.05, 0.1) is 5.54 Å². The normalized spacial score (nSPS) is 20.5. The second-order valence-corrected chi connectivity index (χ2v) is 5.47. The summed E-state index contributed by atoms with van der Waals surface area (Å²) in [5.41, 5.74) is 5.50. The number of hydrogen-bond donors (Lipinski definition) is 2. The zero-order chi connectivity index (χ0) is 12.2. The van der Waals surface area contributed by atoms with Crippen LogP contribution >= 0.6 is 0 Å². The molecule has 0 aromatic carbocycles. The first-order valence-electron chi connectivity index (χ1n) is 6.05. The highest BCUT2D eigenvalue weighted by molar-refractivity contribution is 5.86. The molecule has 0 spiro atoms. The lowest BCUT2D eigenvalue weighted by atomic mass is 9.87. The molecule has 0 bridgehead atoms. The second kappa shape index (κ2) is 5.15. The van der Waals surface area contributed by atoms with Crippen molar-refractivity contribution >= 4 is 5.91 Å². The maximum atomic E-state index is 12.0. The Morgan fingerprint density at radius 3 is 2.50 bits per heavy atom. The number of carbonyl (C=O) groups excluding carboxylic acids is 1. The minimum Gasteiger partial charge on any atom is -0.381 e. The molecular formula is C12H24N2O2. The Morgan fingerprint density at radius 1 is 1.44 bits per heavy atom. The molecule has 1 aliphatic rings. The van der Waals surface area contributed by atoms with Crippen LogP contribution in [0.25, 0.3) is 0 Å². The molecule has 0 aromatic rings. The number of nitrogens with two attached hydrogens (primary N) is 1. The third kappa shape index (κ3) is 3.46. The minimum atomic E-state index is -0.720. The topological polar surface area (TPSA) is 64.4 Å². The summed E-state index contributed by atoms with van der Waals surface area (Å²) in [6, 6.07) is 0. The molecule has 0 unspecified atom stereocenters. The summed E-state index contributed by atoms with van der Waals surface area (Å²) in [7, 11) is 0. The van der Waals surface area contributed by atoms with E-state index < -0.39 is 5.54 Å². The van der Waals surface area contributed by atoms with Crippen LogP contribution in [0.1, 0.15) is 40.0 Å². The van der Waals surface area contributed by atoms with Crippen molar-refractivity contribution in [3.05, 3.63) is 0 Å². The number of rotatable bonds is 4. The van der Waals surface area contributed by atoms with Crippen LogP contribution in [0, 0.1) is 5.41 Å². The van der Waals surface area contributed by atoms with Crippen LogP contribution in [-0.4, -0.2) is 31.2 Å². The molecule has 1 saturated heterocycles. The van der Waals surface area contributed by atoms with Gasteiger partial charge < -0.3 is 15.8 Å². The van der Waals surface area contributed by atoms with E-state index in [0.717, 1.165) is 6.42 Å². The average Bonchev–Trinajstić information content (AvgIpc) is 2.27. The summed E-state index contributed by atoms with van der Waals surface area (Å²) in [5.74, 6) is -0.0303. The SMILES string of the molecule is CCC(C)(C)CNC(=O)C1(N)CCOCC1. The zero-order valence-corrected chi connectivity index (χ0v) is 10.6. The van der Waals surface area contributed by atoms with E-state index in [1.807, 2.05) is 0 Å². The van der Waals surface area contributed by atoms with Crippen molar-refractivity contribution in [1.82, 2.24) is 5.32 Å². The second-order valence-electron chi connectivity index (χ2n) is 5.47. The van der Waals surface area contributed by atoms with Gasteiger partial charge in [0.2, 0.25) is 5.91 Å². The Morgan fingerprint density at radius 2 is 2.00 bits per heavy atom. The van der Waals surface area contributed by atoms with E-state index in [1.165, 1.54) is 0 Å². The van der Waals surface area contributed by atoms with Gasteiger partial charge in [-0.25, -0.2) is 0 Å². The number of amides is 1. The van der Waals surface area contributed by atoms with E-state index in [1.54, 1.807) is 0 Å². The van der Waals surface area contributed by atoms with Crippen LogP contribution in [0.4, 0.5) is 0 Å². The first-order chi connectivity index (χ1) is 7.40. The number of hydrogen-bond acceptors (Lipinski definition) is 3. The van der Waals surface area contributed by atoms with Crippen LogP contribution in [0.5, 0.6) is 0 Å². The Hall–Kier alpha value is -0.610. The number of carbonyl (C=O) groups is 1. The highest BCUT2D eigenvalue weighted by Gasteiger charge is 2.36. The van der Waals surface area contributed by atoms with Crippen LogP contribution in [0.15, 0.2) is 0 Å². The lowest BCUT2D eigenvalue weighted by Gasteiger charge is -2.33. The van der Waals surface area contributed by atoms with Crippen molar-refractivity contribution in [2.24, 2.45) is 11.1 Å². The van der Waals surface area contributed by atoms with Crippen LogP contribution < -0.4 is 11.1 Å². The molecule has 3 N–H and O–H groups in total. The predicted molar refractivity (Wildman–Crippen MR) is 64.1 cm³/mol. The van der Waals surface area contributed by atoms with Gasteiger partial charge >= 0.3 is 0 Å². The van der Waals surface area contributed by atoms with Gasteiger partial charge in [-0.05, 0) is 24.7 Å². The summed E-state index contributed by atoms with van der Waals surface area (Å²) >= 11 is 0.